The second-order valence-corrected chi connectivity index (χ2v) is 5.41. The van der Waals surface area contributed by atoms with E-state index < -0.39 is 5.97 Å². The van der Waals surface area contributed by atoms with Gasteiger partial charge in [-0.2, -0.15) is 0 Å². The van der Waals surface area contributed by atoms with Crippen molar-refractivity contribution in [2.24, 2.45) is 0 Å². The normalized spacial score (nSPS) is 10.8. The maximum Gasteiger partial charge on any atom is 0.335 e. The molecule has 4 heteroatoms. The van der Waals surface area contributed by atoms with E-state index in [1.54, 1.807) is 30.3 Å². The Hall–Kier alpha value is -2.88. The molecule has 4 nitrogen and oxygen atoms in total. The smallest absolute Gasteiger partial charge is 0.335 e. The Morgan fingerprint density at radius 2 is 1.91 bits per heavy atom. The number of carboxylic acids is 1. The topological polar surface area (TPSA) is 67.5 Å². The summed E-state index contributed by atoms with van der Waals surface area (Å²) in [6.45, 7) is 1.91. The number of para-hydroxylation sites is 1. The van der Waals surface area contributed by atoms with E-state index >= 15 is 0 Å². The third-order valence-corrected chi connectivity index (χ3v) is 3.93. The number of hydrogen-bond acceptors (Lipinski definition) is 3. The van der Waals surface area contributed by atoms with Crippen LogP contribution in [0, 0.1) is 0 Å². The molecular formula is C19H16O4. The number of aromatic carboxylic acids is 1. The minimum absolute atomic E-state index is 0.0489. The summed E-state index contributed by atoms with van der Waals surface area (Å²) in [7, 11) is 0. The van der Waals surface area contributed by atoms with E-state index in [9.17, 15) is 14.7 Å². The molecule has 3 aromatic rings. The number of benzene rings is 2. The summed E-state index contributed by atoms with van der Waals surface area (Å²) in [6, 6.07) is 12.3. The van der Waals surface area contributed by atoms with Crippen molar-refractivity contribution in [2.45, 2.75) is 19.8 Å². The molecule has 0 radical (unpaired) electrons. The molecule has 3 rings (SSSR count). The zero-order valence-corrected chi connectivity index (χ0v) is 12.7. The van der Waals surface area contributed by atoms with Crippen LogP contribution in [0.4, 0.5) is 0 Å². The zero-order valence-electron chi connectivity index (χ0n) is 12.7. The first-order valence-electron chi connectivity index (χ1n) is 7.44. The fourth-order valence-electron chi connectivity index (χ4n) is 2.72. The van der Waals surface area contributed by atoms with Gasteiger partial charge >= 0.3 is 5.97 Å². The SMILES string of the molecule is CCc1cc(Cc2coc3ccccc3c2=O)ccc1C(=O)O. The van der Waals surface area contributed by atoms with Crippen molar-refractivity contribution < 1.29 is 14.3 Å². The lowest BCUT2D eigenvalue weighted by molar-refractivity contribution is 0.0695. The summed E-state index contributed by atoms with van der Waals surface area (Å²) in [6.07, 6.45) is 2.53. The van der Waals surface area contributed by atoms with Gasteiger partial charge < -0.3 is 9.52 Å². The van der Waals surface area contributed by atoms with Gasteiger partial charge in [-0.05, 0) is 35.7 Å². The maximum absolute atomic E-state index is 12.5. The molecule has 0 unspecified atom stereocenters. The lowest BCUT2D eigenvalue weighted by atomic mass is 9.98. The third-order valence-electron chi connectivity index (χ3n) is 3.93. The molecule has 0 atom stereocenters. The van der Waals surface area contributed by atoms with Crippen LogP contribution < -0.4 is 5.43 Å². The molecule has 0 amide bonds. The number of rotatable bonds is 4. The highest BCUT2D eigenvalue weighted by Gasteiger charge is 2.11. The Balaban J connectivity index is 2.01. The van der Waals surface area contributed by atoms with Gasteiger partial charge in [0.2, 0.25) is 0 Å². The van der Waals surface area contributed by atoms with Gasteiger partial charge in [0.15, 0.2) is 5.43 Å². The number of aryl methyl sites for hydroxylation is 1. The summed E-state index contributed by atoms with van der Waals surface area (Å²) >= 11 is 0. The Labute approximate surface area is 133 Å². The van der Waals surface area contributed by atoms with Gasteiger partial charge in [-0.25, -0.2) is 4.79 Å². The van der Waals surface area contributed by atoms with Crippen molar-refractivity contribution >= 4 is 16.9 Å². The quantitative estimate of drug-likeness (QED) is 0.799. The Bertz CT molecular complexity index is 937. The summed E-state index contributed by atoms with van der Waals surface area (Å²) in [5.74, 6) is -0.932. The van der Waals surface area contributed by atoms with E-state index in [1.807, 2.05) is 19.1 Å². The van der Waals surface area contributed by atoms with Crippen LogP contribution in [-0.2, 0) is 12.8 Å². The van der Waals surface area contributed by atoms with Crippen LogP contribution in [-0.4, -0.2) is 11.1 Å². The van der Waals surface area contributed by atoms with Crippen LogP contribution in [0.3, 0.4) is 0 Å². The fourth-order valence-corrected chi connectivity index (χ4v) is 2.72. The first kappa shape index (κ1) is 15.0. The van der Waals surface area contributed by atoms with Crippen molar-refractivity contribution in [3.8, 4) is 0 Å². The number of hydrogen-bond donors (Lipinski definition) is 1. The van der Waals surface area contributed by atoms with Crippen molar-refractivity contribution in [3.63, 3.8) is 0 Å². The number of fused-ring (bicyclic) bond motifs is 1. The highest BCUT2D eigenvalue weighted by atomic mass is 16.4. The van der Waals surface area contributed by atoms with Crippen LogP contribution >= 0.6 is 0 Å². The first-order valence-corrected chi connectivity index (χ1v) is 7.44. The van der Waals surface area contributed by atoms with Crippen molar-refractivity contribution in [1.82, 2.24) is 0 Å². The molecule has 0 aliphatic carbocycles. The van der Waals surface area contributed by atoms with E-state index in [2.05, 4.69) is 0 Å². The number of carbonyl (C=O) groups is 1. The Morgan fingerprint density at radius 1 is 1.13 bits per heavy atom. The monoisotopic (exact) mass is 308 g/mol. The van der Waals surface area contributed by atoms with Gasteiger partial charge in [0.1, 0.15) is 5.58 Å². The minimum atomic E-state index is -0.932. The van der Waals surface area contributed by atoms with Crippen LogP contribution in [0.5, 0.6) is 0 Å². The molecule has 23 heavy (non-hydrogen) atoms. The third kappa shape index (κ3) is 2.88. The molecule has 0 saturated heterocycles. The molecule has 0 spiro atoms. The molecule has 0 aliphatic rings. The van der Waals surface area contributed by atoms with Crippen LogP contribution in [0.1, 0.15) is 34.0 Å². The van der Waals surface area contributed by atoms with Gasteiger partial charge in [-0.15, -0.1) is 0 Å². The molecule has 0 saturated carbocycles. The van der Waals surface area contributed by atoms with Gasteiger partial charge in [0, 0.05) is 12.0 Å². The molecule has 1 N–H and O–H groups in total. The molecule has 116 valence electrons. The van der Waals surface area contributed by atoms with Gasteiger partial charge in [-0.3, -0.25) is 4.79 Å². The highest BCUT2D eigenvalue weighted by molar-refractivity contribution is 5.89. The average Bonchev–Trinajstić information content (AvgIpc) is 2.57. The predicted molar refractivity (Wildman–Crippen MR) is 88.1 cm³/mol. The lowest BCUT2D eigenvalue weighted by Gasteiger charge is -2.08. The fraction of sp³-hybridized carbons (Fsp3) is 0.158. The van der Waals surface area contributed by atoms with Crippen LogP contribution in [0.2, 0.25) is 0 Å². The van der Waals surface area contributed by atoms with Gasteiger partial charge in [-0.1, -0.05) is 31.2 Å². The number of carboxylic acid groups (broad SMARTS) is 1. The molecule has 1 aromatic heterocycles. The molecule has 0 bridgehead atoms. The van der Waals surface area contributed by atoms with Crippen LogP contribution in [0.15, 0.2) is 57.9 Å². The second-order valence-electron chi connectivity index (χ2n) is 5.41. The highest BCUT2D eigenvalue weighted by Crippen LogP contribution is 2.17. The van der Waals surface area contributed by atoms with Crippen molar-refractivity contribution in [2.75, 3.05) is 0 Å². The molecule has 0 fully saturated rings. The summed E-state index contributed by atoms with van der Waals surface area (Å²) in [5, 5.41) is 9.73. The molecular weight excluding hydrogens is 292 g/mol. The molecule has 1 heterocycles. The maximum atomic E-state index is 12.5. The van der Waals surface area contributed by atoms with Gasteiger partial charge in [0.05, 0.1) is 17.2 Å². The Morgan fingerprint density at radius 3 is 2.65 bits per heavy atom. The summed E-state index contributed by atoms with van der Waals surface area (Å²) in [4.78, 5) is 23.7. The van der Waals surface area contributed by atoms with Crippen molar-refractivity contribution in [1.29, 1.82) is 0 Å². The second kappa shape index (κ2) is 6.08. The molecule has 2 aromatic carbocycles. The summed E-state index contributed by atoms with van der Waals surface area (Å²) < 4.78 is 5.52. The van der Waals surface area contributed by atoms with E-state index in [4.69, 9.17) is 4.42 Å². The van der Waals surface area contributed by atoms with Gasteiger partial charge in [0.25, 0.3) is 0 Å². The van der Waals surface area contributed by atoms with Crippen molar-refractivity contribution in [3.05, 3.63) is 81.2 Å². The van der Waals surface area contributed by atoms with Crippen LogP contribution in [0.25, 0.3) is 11.0 Å². The standard InChI is InChI=1S/C19H16O4/c1-2-13-9-12(7-8-15(13)19(21)22)10-14-11-23-17-6-4-3-5-16(17)18(14)20/h3-9,11H,2,10H2,1H3,(H,21,22). The summed E-state index contributed by atoms with van der Waals surface area (Å²) in [5.41, 5.74) is 3.05. The van der Waals surface area contributed by atoms with E-state index in [1.165, 1.54) is 6.26 Å². The van der Waals surface area contributed by atoms with E-state index in [0.29, 0.717) is 34.9 Å². The van der Waals surface area contributed by atoms with E-state index in [0.717, 1.165) is 11.1 Å². The largest absolute Gasteiger partial charge is 0.478 e. The average molecular weight is 308 g/mol. The Kier molecular flexibility index (Phi) is 3.98. The zero-order chi connectivity index (χ0) is 16.4. The van der Waals surface area contributed by atoms with E-state index in [-0.39, 0.29) is 5.43 Å². The lowest BCUT2D eigenvalue weighted by Crippen LogP contribution is -2.10. The predicted octanol–water partition coefficient (Wildman–Crippen LogP) is 3.64. The molecule has 0 aliphatic heterocycles. The minimum Gasteiger partial charge on any atom is -0.478 e. The first-order chi connectivity index (χ1) is 11.1.